The first-order valence-electron chi connectivity index (χ1n) is 11.7. The van der Waals surface area contributed by atoms with Gasteiger partial charge in [0.1, 0.15) is 23.1 Å². The summed E-state index contributed by atoms with van der Waals surface area (Å²) in [7, 11) is 0. The van der Waals surface area contributed by atoms with Gasteiger partial charge >= 0.3 is 12.2 Å². The van der Waals surface area contributed by atoms with E-state index in [1.165, 1.54) is 11.1 Å². The van der Waals surface area contributed by atoms with Crippen LogP contribution in [0.4, 0.5) is 4.79 Å². The Morgan fingerprint density at radius 3 is 2.71 bits per heavy atom. The third-order valence-corrected chi connectivity index (χ3v) is 6.18. The highest BCUT2D eigenvalue weighted by Gasteiger charge is 2.29. The molecule has 0 bridgehead atoms. The molecule has 11 nitrogen and oxygen atoms in total. The largest absolute Gasteiger partial charge is 0.506 e. The molecule has 1 unspecified atom stereocenters. The number of carbonyl (C=O) groups excluding carboxylic acids is 1. The summed E-state index contributed by atoms with van der Waals surface area (Å²) in [5.74, 6) is 1.19. The molecular weight excluding hydrogens is 516 g/mol. The molecule has 1 saturated heterocycles. The molecule has 12 heteroatoms. The number of hydrogen-bond acceptors (Lipinski definition) is 9. The lowest BCUT2D eigenvalue weighted by atomic mass is 10.1. The van der Waals surface area contributed by atoms with Crippen molar-refractivity contribution >= 4 is 34.9 Å². The van der Waals surface area contributed by atoms with E-state index in [-0.39, 0.29) is 30.8 Å². The SMILES string of the molecule is Cc1cc(-c2nc3cnc(Oc4cccc(Cl)c4)nc3o2)cc(C)c1OCC(=O)N1CCC(OC(=O)O)C1. The molecule has 196 valence electrons. The molecule has 1 amide bonds. The molecule has 1 fully saturated rings. The Balaban J connectivity index is 1.27. The zero-order chi connectivity index (χ0) is 26.8. The lowest BCUT2D eigenvalue weighted by Crippen LogP contribution is -2.34. The van der Waals surface area contributed by atoms with E-state index in [0.717, 1.165) is 11.1 Å². The minimum absolute atomic E-state index is 0.0992. The van der Waals surface area contributed by atoms with Gasteiger partial charge in [-0.1, -0.05) is 17.7 Å². The minimum atomic E-state index is -1.34. The second-order valence-corrected chi connectivity index (χ2v) is 9.22. The molecule has 4 aromatic rings. The van der Waals surface area contributed by atoms with E-state index in [4.69, 9.17) is 35.3 Å². The Hall–Kier alpha value is -4.38. The van der Waals surface area contributed by atoms with Crippen LogP contribution in [0.3, 0.4) is 0 Å². The zero-order valence-corrected chi connectivity index (χ0v) is 21.3. The number of hydrogen-bond donors (Lipinski definition) is 1. The molecule has 0 radical (unpaired) electrons. The van der Waals surface area contributed by atoms with Crippen molar-refractivity contribution in [3.8, 4) is 29.0 Å². The van der Waals surface area contributed by atoms with E-state index in [0.29, 0.717) is 46.5 Å². The van der Waals surface area contributed by atoms with E-state index < -0.39 is 12.3 Å². The van der Waals surface area contributed by atoms with E-state index in [1.54, 1.807) is 24.3 Å². The van der Waals surface area contributed by atoms with Gasteiger partial charge in [0.05, 0.1) is 12.7 Å². The molecule has 3 heterocycles. The van der Waals surface area contributed by atoms with Crippen LogP contribution in [0.15, 0.2) is 47.0 Å². The first kappa shape index (κ1) is 25.3. The van der Waals surface area contributed by atoms with Crippen LogP contribution in [0.2, 0.25) is 5.02 Å². The third-order valence-electron chi connectivity index (χ3n) is 5.95. The molecule has 1 N–H and O–H groups in total. The Kier molecular flexibility index (Phi) is 7.01. The number of benzene rings is 2. The number of carbonyl (C=O) groups is 2. The Labute approximate surface area is 221 Å². The number of nitrogens with zero attached hydrogens (tertiary/aromatic N) is 4. The maximum atomic E-state index is 12.6. The fraction of sp³-hybridized carbons (Fsp3) is 0.269. The predicted octanol–water partition coefficient (Wildman–Crippen LogP) is 5.02. The molecular formula is C26H23ClN4O7. The molecule has 1 aliphatic heterocycles. The van der Waals surface area contributed by atoms with E-state index in [9.17, 15) is 9.59 Å². The maximum Gasteiger partial charge on any atom is 0.506 e. The summed E-state index contributed by atoms with van der Waals surface area (Å²) in [6.07, 6.45) is 0.125. The van der Waals surface area contributed by atoms with Gasteiger partial charge in [-0.25, -0.2) is 14.8 Å². The molecule has 1 atom stereocenters. The first-order chi connectivity index (χ1) is 18.2. The number of likely N-dealkylation sites (tertiary alicyclic amines) is 1. The van der Waals surface area contributed by atoms with Gasteiger partial charge in [0, 0.05) is 23.6 Å². The standard InChI is InChI=1S/C26H23ClN4O7/c1-14-8-16(9-15(2)22(14)35-13-21(32)31-7-6-19(12-31)37-26(33)34)23-29-20-11-28-25(30-24(20)38-23)36-18-5-3-4-17(27)10-18/h3-5,8-11,19H,6-7,12-13H2,1-2H3,(H,33,34). The Bertz CT molecular complexity index is 1500. The van der Waals surface area contributed by atoms with Gasteiger partial charge in [-0.15, -0.1) is 0 Å². The number of oxazole rings is 1. The summed E-state index contributed by atoms with van der Waals surface area (Å²) in [6, 6.07) is 10.7. The van der Waals surface area contributed by atoms with Crippen LogP contribution in [0.25, 0.3) is 22.7 Å². The topological polar surface area (TPSA) is 137 Å². The van der Waals surface area contributed by atoms with Gasteiger partial charge in [0.25, 0.3) is 11.6 Å². The van der Waals surface area contributed by atoms with E-state index >= 15 is 0 Å². The van der Waals surface area contributed by atoms with Crippen LogP contribution in [0.1, 0.15) is 17.5 Å². The fourth-order valence-electron chi connectivity index (χ4n) is 4.25. The normalized spacial score (nSPS) is 15.0. The molecule has 2 aromatic heterocycles. The van der Waals surface area contributed by atoms with Gasteiger partial charge in [-0.2, -0.15) is 4.98 Å². The predicted molar refractivity (Wildman–Crippen MR) is 136 cm³/mol. The van der Waals surface area contributed by atoms with Crippen molar-refractivity contribution < 1.29 is 33.3 Å². The van der Waals surface area contributed by atoms with E-state index in [2.05, 4.69) is 15.0 Å². The Morgan fingerprint density at radius 2 is 1.97 bits per heavy atom. The van der Waals surface area contributed by atoms with Crippen molar-refractivity contribution in [2.45, 2.75) is 26.4 Å². The summed E-state index contributed by atoms with van der Waals surface area (Å²) < 4.78 is 22.1. The molecule has 1 aliphatic rings. The lowest BCUT2D eigenvalue weighted by molar-refractivity contribution is -0.132. The average molecular weight is 539 g/mol. The van der Waals surface area contributed by atoms with Crippen LogP contribution in [0.5, 0.6) is 17.5 Å². The second-order valence-electron chi connectivity index (χ2n) is 8.78. The minimum Gasteiger partial charge on any atom is -0.483 e. The van der Waals surface area contributed by atoms with Crippen LogP contribution < -0.4 is 9.47 Å². The van der Waals surface area contributed by atoms with Crippen LogP contribution >= 0.6 is 11.6 Å². The van der Waals surface area contributed by atoms with Gasteiger partial charge in [0.2, 0.25) is 5.89 Å². The van der Waals surface area contributed by atoms with Gasteiger partial charge in [0.15, 0.2) is 6.61 Å². The van der Waals surface area contributed by atoms with Gasteiger partial charge in [-0.3, -0.25) is 4.79 Å². The molecule has 5 rings (SSSR count). The van der Waals surface area contributed by atoms with Crippen molar-refractivity contribution in [1.82, 2.24) is 19.9 Å². The van der Waals surface area contributed by atoms with Crippen molar-refractivity contribution in [1.29, 1.82) is 0 Å². The lowest BCUT2D eigenvalue weighted by Gasteiger charge is -2.18. The molecule has 0 saturated carbocycles. The van der Waals surface area contributed by atoms with E-state index in [1.807, 2.05) is 26.0 Å². The highest BCUT2D eigenvalue weighted by molar-refractivity contribution is 6.30. The second kappa shape index (κ2) is 10.5. The number of fused-ring (bicyclic) bond motifs is 1. The third kappa shape index (κ3) is 5.62. The summed E-state index contributed by atoms with van der Waals surface area (Å²) in [5, 5.41) is 9.29. The molecule has 0 aliphatic carbocycles. The summed E-state index contributed by atoms with van der Waals surface area (Å²) in [5.41, 5.74) is 3.03. The Morgan fingerprint density at radius 1 is 1.18 bits per heavy atom. The number of aromatic nitrogens is 3. The van der Waals surface area contributed by atoms with Crippen molar-refractivity contribution in [2.75, 3.05) is 19.7 Å². The van der Waals surface area contributed by atoms with Crippen LogP contribution in [-0.2, 0) is 9.53 Å². The molecule has 38 heavy (non-hydrogen) atoms. The number of halogens is 1. The summed E-state index contributed by atoms with van der Waals surface area (Å²) in [6.45, 7) is 4.20. The smallest absolute Gasteiger partial charge is 0.483 e. The highest BCUT2D eigenvalue weighted by Crippen LogP contribution is 2.32. The van der Waals surface area contributed by atoms with Crippen LogP contribution in [-0.4, -0.2) is 62.8 Å². The maximum absolute atomic E-state index is 12.6. The van der Waals surface area contributed by atoms with Gasteiger partial charge in [-0.05, 0) is 55.3 Å². The molecule has 2 aromatic carbocycles. The number of rotatable bonds is 7. The summed E-state index contributed by atoms with van der Waals surface area (Å²) >= 11 is 6.00. The highest BCUT2D eigenvalue weighted by atomic mass is 35.5. The fourth-order valence-corrected chi connectivity index (χ4v) is 4.43. The van der Waals surface area contributed by atoms with Crippen molar-refractivity contribution in [2.24, 2.45) is 0 Å². The van der Waals surface area contributed by atoms with Gasteiger partial charge < -0.3 is 28.6 Å². The number of carboxylic acid groups (broad SMARTS) is 1. The zero-order valence-electron chi connectivity index (χ0n) is 20.5. The van der Waals surface area contributed by atoms with Crippen LogP contribution in [0, 0.1) is 13.8 Å². The average Bonchev–Trinajstić information content (AvgIpc) is 3.50. The summed E-state index contributed by atoms with van der Waals surface area (Å²) in [4.78, 5) is 37.8. The van der Waals surface area contributed by atoms with Crippen molar-refractivity contribution in [3.63, 3.8) is 0 Å². The molecule has 0 spiro atoms. The quantitative estimate of drug-likeness (QED) is 0.319. The first-order valence-corrected chi connectivity index (χ1v) is 12.1. The number of amides is 1. The number of aryl methyl sites for hydroxylation is 2. The van der Waals surface area contributed by atoms with Crippen molar-refractivity contribution in [3.05, 3.63) is 58.7 Å². The number of ether oxygens (including phenoxy) is 3. The monoisotopic (exact) mass is 538 g/mol.